The van der Waals surface area contributed by atoms with E-state index in [2.05, 4.69) is 5.32 Å². The normalized spacial score (nSPS) is 20.1. The van der Waals surface area contributed by atoms with Gasteiger partial charge in [-0.05, 0) is 37.5 Å². The van der Waals surface area contributed by atoms with E-state index in [0.717, 1.165) is 11.3 Å². The van der Waals surface area contributed by atoms with Gasteiger partial charge < -0.3 is 10.1 Å². The SMILES string of the molecule is CCOc1cccc(CNC(=O)CC2CCCS2(=O)=O)c1. The zero-order valence-electron chi connectivity index (χ0n) is 12.2. The van der Waals surface area contributed by atoms with Crippen LogP contribution >= 0.6 is 0 Å². The second kappa shape index (κ2) is 6.93. The molecule has 116 valence electrons. The summed E-state index contributed by atoms with van der Waals surface area (Å²) in [6.07, 6.45) is 1.32. The van der Waals surface area contributed by atoms with Crippen LogP contribution < -0.4 is 10.1 Å². The van der Waals surface area contributed by atoms with Crippen molar-refractivity contribution < 1.29 is 17.9 Å². The van der Waals surface area contributed by atoms with Crippen molar-refractivity contribution in [1.82, 2.24) is 5.32 Å². The monoisotopic (exact) mass is 311 g/mol. The number of carbonyl (C=O) groups is 1. The fourth-order valence-corrected chi connectivity index (χ4v) is 4.31. The summed E-state index contributed by atoms with van der Waals surface area (Å²) in [4.78, 5) is 11.9. The highest BCUT2D eigenvalue weighted by Gasteiger charge is 2.32. The first-order valence-electron chi connectivity index (χ1n) is 7.21. The van der Waals surface area contributed by atoms with Gasteiger partial charge in [0.1, 0.15) is 5.75 Å². The molecule has 1 aliphatic rings. The number of amides is 1. The van der Waals surface area contributed by atoms with Crippen molar-refractivity contribution in [1.29, 1.82) is 0 Å². The molecule has 1 aromatic rings. The third-order valence-corrected chi connectivity index (χ3v) is 5.85. The number of hydrogen-bond acceptors (Lipinski definition) is 4. The molecule has 1 unspecified atom stereocenters. The zero-order chi connectivity index (χ0) is 15.3. The molecular weight excluding hydrogens is 290 g/mol. The summed E-state index contributed by atoms with van der Waals surface area (Å²) >= 11 is 0. The zero-order valence-corrected chi connectivity index (χ0v) is 13.0. The molecule has 1 N–H and O–H groups in total. The smallest absolute Gasteiger partial charge is 0.221 e. The molecule has 0 saturated carbocycles. The van der Waals surface area contributed by atoms with E-state index in [4.69, 9.17) is 4.74 Å². The summed E-state index contributed by atoms with van der Waals surface area (Å²) in [5, 5.41) is 2.27. The van der Waals surface area contributed by atoms with Crippen LogP contribution in [0.15, 0.2) is 24.3 Å². The van der Waals surface area contributed by atoms with E-state index in [1.54, 1.807) is 0 Å². The number of benzene rings is 1. The molecule has 1 amide bonds. The number of nitrogens with one attached hydrogen (secondary N) is 1. The molecule has 1 aromatic carbocycles. The van der Waals surface area contributed by atoms with Gasteiger partial charge in [0.05, 0.1) is 17.6 Å². The quantitative estimate of drug-likeness (QED) is 0.867. The van der Waals surface area contributed by atoms with Crippen LogP contribution in [0.3, 0.4) is 0 Å². The van der Waals surface area contributed by atoms with E-state index in [0.29, 0.717) is 26.0 Å². The Bertz CT molecular complexity index is 597. The lowest BCUT2D eigenvalue weighted by Gasteiger charge is -2.10. The number of hydrogen-bond donors (Lipinski definition) is 1. The molecule has 6 heteroatoms. The first-order valence-corrected chi connectivity index (χ1v) is 8.93. The number of sulfone groups is 1. The van der Waals surface area contributed by atoms with Crippen LogP contribution in [0.25, 0.3) is 0 Å². The molecule has 1 atom stereocenters. The van der Waals surface area contributed by atoms with Crippen molar-refractivity contribution in [3.63, 3.8) is 0 Å². The van der Waals surface area contributed by atoms with Crippen molar-refractivity contribution in [2.75, 3.05) is 12.4 Å². The average Bonchev–Trinajstić information content (AvgIpc) is 2.76. The Labute approximate surface area is 125 Å². The van der Waals surface area contributed by atoms with E-state index in [1.807, 2.05) is 31.2 Å². The van der Waals surface area contributed by atoms with Gasteiger partial charge in [0.25, 0.3) is 0 Å². The van der Waals surface area contributed by atoms with E-state index in [1.165, 1.54) is 0 Å². The van der Waals surface area contributed by atoms with Crippen LogP contribution in [0.5, 0.6) is 5.75 Å². The summed E-state index contributed by atoms with van der Waals surface area (Å²) in [6.45, 7) is 2.89. The third-order valence-electron chi connectivity index (χ3n) is 3.58. The predicted molar refractivity (Wildman–Crippen MR) is 80.9 cm³/mol. The Morgan fingerprint density at radius 3 is 2.90 bits per heavy atom. The first kappa shape index (κ1) is 15.8. The number of carbonyl (C=O) groups excluding carboxylic acids is 1. The van der Waals surface area contributed by atoms with E-state index < -0.39 is 15.1 Å². The Balaban J connectivity index is 1.85. The van der Waals surface area contributed by atoms with Gasteiger partial charge in [-0.25, -0.2) is 8.42 Å². The lowest BCUT2D eigenvalue weighted by atomic mass is 10.2. The minimum absolute atomic E-state index is 0.0630. The highest BCUT2D eigenvalue weighted by atomic mass is 32.2. The summed E-state index contributed by atoms with van der Waals surface area (Å²) in [5.41, 5.74) is 0.934. The van der Waals surface area contributed by atoms with Crippen molar-refractivity contribution in [2.24, 2.45) is 0 Å². The molecule has 0 spiro atoms. The molecule has 0 aliphatic carbocycles. The maximum Gasteiger partial charge on any atom is 0.221 e. The Morgan fingerprint density at radius 1 is 1.43 bits per heavy atom. The molecule has 1 fully saturated rings. The Kier molecular flexibility index (Phi) is 5.22. The van der Waals surface area contributed by atoms with Crippen LogP contribution in [0.1, 0.15) is 31.7 Å². The van der Waals surface area contributed by atoms with Crippen molar-refractivity contribution in [3.8, 4) is 5.75 Å². The van der Waals surface area contributed by atoms with E-state index in [-0.39, 0.29) is 18.1 Å². The topological polar surface area (TPSA) is 72.5 Å². The molecule has 0 radical (unpaired) electrons. The second-order valence-electron chi connectivity index (χ2n) is 5.19. The molecular formula is C15H21NO4S. The summed E-state index contributed by atoms with van der Waals surface area (Å²) in [7, 11) is -3.06. The molecule has 1 aliphatic heterocycles. The maximum atomic E-state index is 11.9. The van der Waals surface area contributed by atoms with E-state index >= 15 is 0 Å². The predicted octanol–water partition coefficient (Wildman–Crippen LogP) is 1.67. The van der Waals surface area contributed by atoms with Gasteiger partial charge in [-0.3, -0.25) is 4.79 Å². The Morgan fingerprint density at radius 2 is 2.24 bits per heavy atom. The molecule has 21 heavy (non-hydrogen) atoms. The fourth-order valence-electron chi connectivity index (χ4n) is 2.48. The second-order valence-corrected chi connectivity index (χ2v) is 7.59. The van der Waals surface area contributed by atoms with Crippen molar-refractivity contribution in [3.05, 3.63) is 29.8 Å². The molecule has 1 saturated heterocycles. The van der Waals surface area contributed by atoms with Crippen molar-refractivity contribution in [2.45, 2.75) is 38.0 Å². The van der Waals surface area contributed by atoms with Crippen LogP contribution in [-0.2, 0) is 21.2 Å². The molecule has 0 aromatic heterocycles. The van der Waals surface area contributed by atoms with Gasteiger partial charge in [0.15, 0.2) is 9.84 Å². The van der Waals surface area contributed by atoms with Gasteiger partial charge in [0.2, 0.25) is 5.91 Å². The Hall–Kier alpha value is -1.56. The summed E-state index contributed by atoms with van der Waals surface area (Å²) in [5.74, 6) is 0.761. The van der Waals surface area contributed by atoms with E-state index in [9.17, 15) is 13.2 Å². The summed E-state index contributed by atoms with van der Waals surface area (Å²) < 4.78 is 28.8. The van der Waals surface area contributed by atoms with Gasteiger partial charge >= 0.3 is 0 Å². The average molecular weight is 311 g/mol. The van der Waals surface area contributed by atoms with Crippen molar-refractivity contribution >= 4 is 15.7 Å². The van der Waals surface area contributed by atoms with Crippen LogP contribution in [-0.4, -0.2) is 31.9 Å². The lowest BCUT2D eigenvalue weighted by Crippen LogP contribution is -2.29. The standard InChI is InChI=1S/C15H21NO4S/c1-2-20-13-6-3-5-12(9-13)11-16-15(17)10-14-7-4-8-21(14,18)19/h3,5-6,9,14H,2,4,7-8,10-11H2,1H3,(H,16,17). The molecule has 2 rings (SSSR count). The number of ether oxygens (including phenoxy) is 1. The molecule has 1 heterocycles. The summed E-state index contributed by atoms with van der Waals surface area (Å²) in [6, 6.07) is 7.50. The minimum Gasteiger partial charge on any atom is -0.494 e. The van der Waals surface area contributed by atoms with Gasteiger partial charge in [-0.15, -0.1) is 0 Å². The third kappa shape index (κ3) is 4.46. The molecule has 0 bridgehead atoms. The van der Waals surface area contributed by atoms with Gasteiger partial charge in [0, 0.05) is 13.0 Å². The number of rotatable bonds is 6. The highest BCUT2D eigenvalue weighted by Crippen LogP contribution is 2.22. The van der Waals surface area contributed by atoms with Crippen LogP contribution in [0, 0.1) is 0 Å². The lowest BCUT2D eigenvalue weighted by molar-refractivity contribution is -0.121. The minimum atomic E-state index is -3.06. The van der Waals surface area contributed by atoms with Gasteiger partial charge in [-0.2, -0.15) is 0 Å². The van der Waals surface area contributed by atoms with Gasteiger partial charge in [-0.1, -0.05) is 12.1 Å². The maximum absolute atomic E-state index is 11.9. The molecule has 5 nitrogen and oxygen atoms in total. The first-order chi connectivity index (χ1) is 10.0. The van der Waals surface area contributed by atoms with Crippen LogP contribution in [0.4, 0.5) is 0 Å². The largest absolute Gasteiger partial charge is 0.494 e. The van der Waals surface area contributed by atoms with Crippen LogP contribution in [0.2, 0.25) is 0 Å². The highest BCUT2D eigenvalue weighted by molar-refractivity contribution is 7.92. The fraction of sp³-hybridized carbons (Fsp3) is 0.533.